The molecule has 1 aliphatic carbocycles. The van der Waals surface area contributed by atoms with Crippen LogP contribution in [0.3, 0.4) is 0 Å². The Morgan fingerprint density at radius 2 is 1.50 bits per heavy atom. The van der Waals surface area contributed by atoms with Crippen molar-refractivity contribution in [3.63, 3.8) is 0 Å². The van der Waals surface area contributed by atoms with Crippen LogP contribution >= 0.6 is 11.6 Å². The van der Waals surface area contributed by atoms with Crippen molar-refractivity contribution in [3.8, 4) is 11.1 Å². The number of hydrogen-bond acceptors (Lipinski definition) is 3. The van der Waals surface area contributed by atoms with E-state index in [1.54, 1.807) is 24.3 Å². The Morgan fingerprint density at radius 1 is 0.933 bits per heavy atom. The zero-order valence-corrected chi connectivity index (χ0v) is 17.6. The summed E-state index contributed by atoms with van der Waals surface area (Å²) in [4.78, 5) is 11.5. The standard InChI is InChI=1S/C23H20ClNO4S/c24-19-10-6-16(7-11-19)17-8-12-20(13-9-17)30(28,29)25(15-23(26)27)22-14-21(22)18-4-2-1-3-5-18/h1-13,21-22H,14-15H2,(H,26,27)/t21-,22+/m1/s1. The first-order chi connectivity index (χ1) is 14.4. The Kier molecular flexibility index (Phi) is 5.64. The molecule has 0 spiro atoms. The summed E-state index contributed by atoms with van der Waals surface area (Å²) in [6.45, 7) is -0.560. The van der Waals surface area contributed by atoms with Gasteiger partial charge in [0.1, 0.15) is 6.54 Å². The van der Waals surface area contributed by atoms with E-state index in [4.69, 9.17) is 11.6 Å². The molecule has 30 heavy (non-hydrogen) atoms. The zero-order chi connectivity index (χ0) is 21.3. The van der Waals surface area contributed by atoms with Crippen molar-refractivity contribution in [3.05, 3.63) is 89.4 Å². The van der Waals surface area contributed by atoms with Gasteiger partial charge in [-0.1, -0.05) is 66.2 Å². The van der Waals surface area contributed by atoms with Gasteiger partial charge in [-0.15, -0.1) is 0 Å². The van der Waals surface area contributed by atoms with E-state index in [1.165, 1.54) is 12.1 Å². The number of hydrogen-bond donors (Lipinski definition) is 1. The average Bonchev–Trinajstić information content (AvgIpc) is 3.54. The summed E-state index contributed by atoms with van der Waals surface area (Å²) in [5.74, 6) is -1.16. The predicted octanol–water partition coefficient (Wildman–Crippen LogP) is 4.64. The molecule has 3 aromatic rings. The van der Waals surface area contributed by atoms with Crippen molar-refractivity contribution in [2.24, 2.45) is 0 Å². The minimum atomic E-state index is -3.95. The van der Waals surface area contributed by atoms with E-state index in [-0.39, 0.29) is 16.9 Å². The second-order valence-electron chi connectivity index (χ2n) is 7.30. The van der Waals surface area contributed by atoms with Crippen molar-refractivity contribution in [1.29, 1.82) is 0 Å². The molecule has 3 aromatic carbocycles. The molecular formula is C23H20ClNO4S. The van der Waals surface area contributed by atoms with E-state index in [1.807, 2.05) is 42.5 Å². The fraction of sp³-hybridized carbons (Fsp3) is 0.174. The molecule has 5 nitrogen and oxygen atoms in total. The van der Waals surface area contributed by atoms with Crippen molar-refractivity contribution in [2.75, 3.05) is 6.54 Å². The van der Waals surface area contributed by atoms with Crippen molar-refractivity contribution >= 4 is 27.6 Å². The van der Waals surface area contributed by atoms with Crippen LogP contribution in [0, 0.1) is 0 Å². The van der Waals surface area contributed by atoms with Gasteiger partial charge >= 0.3 is 5.97 Å². The van der Waals surface area contributed by atoms with Crippen molar-refractivity contribution in [2.45, 2.75) is 23.3 Å². The highest BCUT2D eigenvalue weighted by molar-refractivity contribution is 7.89. The van der Waals surface area contributed by atoms with E-state index < -0.39 is 22.5 Å². The number of halogens is 1. The molecule has 0 saturated heterocycles. The van der Waals surface area contributed by atoms with Crippen LogP contribution in [0.2, 0.25) is 5.02 Å². The molecule has 1 saturated carbocycles. The molecule has 1 fully saturated rings. The Labute approximate surface area is 180 Å². The van der Waals surface area contributed by atoms with E-state index >= 15 is 0 Å². The molecule has 0 unspecified atom stereocenters. The van der Waals surface area contributed by atoms with Crippen LogP contribution in [0.1, 0.15) is 17.9 Å². The summed E-state index contributed by atoms with van der Waals surface area (Å²) in [5, 5.41) is 9.95. The van der Waals surface area contributed by atoms with Gasteiger partial charge in [0, 0.05) is 17.0 Å². The van der Waals surface area contributed by atoms with Gasteiger partial charge in [-0.3, -0.25) is 4.79 Å². The molecule has 1 N–H and O–H groups in total. The fourth-order valence-corrected chi connectivity index (χ4v) is 5.42. The van der Waals surface area contributed by atoms with E-state index in [2.05, 4.69) is 0 Å². The Hall–Kier alpha value is -2.67. The average molecular weight is 442 g/mol. The predicted molar refractivity (Wildman–Crippen MR) is 116 cm³/mol. The van der Waals surface area contributed by atoms with Gasteiger partial charge in [-0.2, -0.15) is 4.31 Å². The first-order valence-corrected chi connectivity index (χ1v) is 11.3. The second kappa shape index (κ2) is 8.22. The lowest BCUT2D eigenvalue weighted by Crippen LogP contribution is -2.38. The maximum atomic E-state index is 13.3. The van der Waals surface area contributed by atoms with Crippen LogP contribution in [-0.4, -0.2) is 36.4 Å². The van der Waals surface area contributed by atoms with Crippen LogP contribution in [0.5, 0.6) is 0 Å². The second-order valence-corrected chi connectivity index (χ2v) is 9.62. The lowest BCUT2D eigenvalue weighted by molar-refractivity contribution is -0.137. The summed E-state index contributed by atoms with van der Waals surface area (Å²) in [6, 6.07) is 23.0. The van der Waals surface area contributed by atoms with E-state index in [9.17, 15) is 18.3 Å². The first kappa shape index (κ1) is 20.6. The van der Waals surface area contributed by atoms with Crippen molar-refractivity contribution in [1.82, 2.24) is 4.31 Å². The highest BCUT2D eigenvalue weighted by Crippen LogP contribution is 2.46. The van der Waals surface area contributed by atoms with Gasteiger partial charge in [-0.25, -0.2) is 8.42 Å². The quantitative estimate of drug-likeness (QED) is 0.579. The van der Waals surface area contributed by atoms with Crippen molar-refractivity contribution < 1.29 is 18.3 Å². The number of nitrogens with zero attached hydrogens (tertiary/aromatic N) is 1. The third kappa shape index (κ3) is 4.26. The minimum Gasteiger partial charge on any atom is -0.480 e. The summed E-state index contributed by atoms with van der Waals surface area (Å²) >= 11 is 5.92. The topological polar surface area (TPSA) is 74.7 Å². The number of sulfonamides is 1. The molecule has 0 aliphatic heterocycles. The molecule has 0 amide bonds. The normalized spacial score (nSPS) is 18.3. The summed E-state index contributed by atoms with van der Waals surface area (Å²) in [5.41, 5.74) is 2.78. The number of benzene rings is 3. The molecule has 0 aromatic heterocycles. The van der Waals surface area contributed by atoms with Crippen LogP contribution in [0.4, 0.5) is 0 Å². The van der Waals surface area contributed by atoms with Gasteiger partial charge in [-0.05, 0) is 47.4 Å². The molecule has 2 atom stereocenters. The zero-order valence-electron chi connectivity index (χ0n) is 16.0. The fourth-order valence-electron chi connectivity index (χ4n) is 3.67. The molecule has 154 valence electrons. The van der Waals surface area contributed by atoms with Crippen LogP contribution < -0.4 is 0 Å². The Morgan fingerprint density at radius 3 is 2.07 bits per heavy atom. The van der Waals surface area contributed by atoms with Gasteiger partial charge in [0.15, 0.2) is 0 Å². The van der Waals surface area contributed by atoms with Crippen LogP contribution in [0.15, 0.2) is 83.8 Å². The number of rotatable bonds is 7. The molecular weight excluding hydrogens is 422 g/mol. The first-order valence-electron chi connectivity index (χ1n) is 9.51. The highest BCUT2D eigenvalue weighted by Gasteiger charge is 2.48. The van der Waals surface area contributed by atoms with Crippen LogP contribution in [0.25, 0.3) is 11.1 Å². The monoisotopic (exact) mass is 441 g/mol. The number of aliphatic carboxylic acids is 1. The molecule has 7 heteroatoms. The lowest BCUT2D eigenvalue weighted by atomic mass is 10.1. The van der Waals surface area contributed by atoms with E-state index in [0.29, 0.717) is 11.4 Å². The Bertz CT molecular complexity index is 1150. The van der Waals surface area contributed by atoms with E-state index in [0.717, 1.165) is 21.0 Å². The van der Waals surface area contributed by atoms with Crippen LogP contribution in [-0.2, 0) is 14.8 Å². The molecule has 0 heterocycles. The summed E-state index contributed by atoms with van der Waals surface area (Å²) in [7, 11) is -3.95. The SMILES string of the molecule is O=C(O)CN([C@H]1C[C@@H]1c1ccccc1)S(=O)(=O)c1ccc(-c2ccc(Cl)cc2)cc1. The summed E-state index contributed by atoms with van der Waals surface area (Å²) in [6.07, 6.45) is 0.610. The minimum absolute atomic E-state index is 0.00802. The van der Waals surface area contributed by atoms with Gasteiger partial charge in [0.25, 0.3) is 0 Å². The van der Waals surface area contributed by atoms with Gasteiger partial charge in [0.05, 0.1) is 4.90 Å². The summed E-state index contributed by atoms with van der Waals surface area (Å²) < 4.78 is 27.6. The lowest BCUT2D eigenvalue weighted by Gasteiger charge is -2.21. The number of carbonyl (C=O) groups is 1. The molecule has 0 radical (unpaired) electrons. The number of carboxylic acids is 1. The number of carboxylic acid groups (broad SMARTS) is 1. The maximum absolute atomic E-state index is 13.3. The highest BCUT2D eigenvalue weighted by atomic mass is 35.5. The largest absolute Gasteiger partial charge is 0.480 e. The maximum Gasteiger partial charge on any atom is 0.318 e. The smallest absolute Gasteiger partial charge is 0.318 e. The third-order valence-electron chi connectivity index (χ3n) is 5.28. The molecule has 1 aliphatic rings. The van der Waals surface area contributed by atoms with Gasteiger partial charge in [0.2, 0.25) is 10.0 Å². The third-order valence-corrected chi connectivity index (χ3v) is 7.42. The molecule has 0 bridgehead atoms. The van der Waals surface area contributed by atoms with Gasteiger partial charge < -0.3 is 5.11 Å². The Balaban J connectivity index is 1.60. The molecule has 4 rings (SSSR count).